The summed E-state index contributed by atoms with van der Waals surface area (Å²) >= 11 is 0. The number of unbranched alkanes of at least 4 members (excludes halogenated alkanes) is 12. The second kappa shape index (κ2) is 16.9. The third-order valence-electron chi connectivity index (χ3n) is 6.29. The quantitative estimate of drug-likeness (QED) is 0.277. The summed E-state index contributed by atoms with van der Waals surface area (Å²) in [4.78, 5) is 22.9. The average Bonchev–Trinajstić information content (AvgIpc) is 2.70. The van der Waals surface area contributed by atoms with E-state index in [4.69, 9.17) is 5.11 Å². The van der Waals surface area contributed by atoms with Gasteiger partial charge in [-0.2, -0.15) is 0 Å². The highest BCUT2D eigenvalue weighted by atomic mass is 16.4. The van der Waals surface area contributed by atoms with Gasteiger partial charge < -0.3 is 10.4 Å². The second-order valence-corrected chi connectivity index (χ2v) is 8.85. The summed E-state index contributed by atoms with van der Waals surface area (Å²) in [6, 6.07) is 0. The highest BCUT2D eigenvalue weighted by Crippen LogP contribution is 2.28. The number of aliphatic carboxylic acids is 1. The monoisotopic (exact) mass is 395 g/mol. The van der Waals surface area contributed by atoms with E-state index in [0.29, 0.717) is 12.3 Å². The number of nitrogens with one attached hydrogen (secondary N) is 1. The van der Waals surface area contributed by atoms with E-state index in [9.17, 15) is 9.59 Å². The molecule has 28 heavy (non-hydrogen) atoms. The first-order valence-corrected chi connectivity index (χ1v) is 12.1. The first-order chi connectivity index (χ1) is 13.6. The fourth-order valence-electron chi connectivity index (χ4n) is 4.26. The maximum Gasteiger partial charge on any atom is 0.306 e. The lowest BCUT2D eigenvalue weighted by Gasteiger charge is -2.26. The van der Waals surface area contributed by atoms with Crippen molar-refractivity contribution in [3.05, 3.63) is 0 Å². The molecule has 0 aliphatic heterocycles. The van der Waals surface area contributed by atoms with Crippen molar-refractivity contribution >= 4 is 11.9 Å². The van der Waals surface area contributed by atoms with E-state index in [1.807, 2.05) is 0 Å². The topological polar surface area (TPSA) is 66.4 Å². The molecular formula is C24H45NO3. The van der Waals surface area contributed by atoms with Crippen LogP contribution in [0.1, 0.15) is 122 Å². The molecule has 0 heterocycles. The number of carboxylic acids is 1. The first-order valence-electron chi connectivity index (χ1n) is 12.1. The highest BCUT2D eigenvalue weighted by Gasteiger charge is 2.25. The molecule has 2 N–H and O–H groups in total. The second-order valence-electron chi connectivity index (χ2n) is 8.85. The van der Waals surface area contributed by atoms with Crippen molar-refractivity contribution in [1.82, 2.24) is 5.32 Å². The van der Waals surface area contributed by atoms with Gasteiger partial charge in [0, 0.05) is 13.0 Å². The lowest BCUT2D eigenvalue weighted by molar-refractivity contribution is -0.143. The number of carboxylic acid groups (broad SMARTS) is 1. The molecule has 1 saturated carbocycles. The Labute approximate surface area is 173 Å². The van der Waals surface area contributed by atoms with Crippen LogP contribution in [0.3, 0.4) is 0 Å². The maximum absolute atomic E-state index is 12.0. The standard InChI is InChI=1S/C24H45NO3/c1-2-3-4-5-6-7-8-9-10-11-12-13-14-15-23(26)25-20-21-16-18-22(19-17-21)24(27)28/h21-22H,2-20H2,1H3,(H,25,26)(H,27,28)/t21-,22-. The number of carbonyl (C=O) groups is 2. The minimum absolute atomic E-state index is 0.169. The van der Waals surface area contributed by atoms with Crippen LogP contribution in [0.2, 0.25) is 0 Å². The molecule has 0 aromatic rings. The predicted molar refractivity (Wildman–Crippen MR) is 116 cm³/mol. The fourth-order valence-corrected chi connectivity index (χ4v) is 4.26. The Kier molecular flexibility index (Phi) is 15.0. The molecule has 0 aromatic heterocycles. The largest absolute Gasteiger partial charge is 0.481 e. The zero-order chi connectivity index (χ0) is 20.5. The predicted octanol–water partition coefficient (Wildman–Crippen LogP) is 6.47. The summed E-state index contributed by atoms with van der Waals surface area (Å²) in [6.07, 6.45) is 21.2. The van der Waals surface area contributed by atoms with Crippen LogP contribution < -0.4 is 5.32 Å². The minimum atomic E-state index is -0.662. The van der Waals surface area contributed by atoms with Crippen LogP contribution in [0.15, 0.2) is 0 Å². The molecule has 1 amide bonds. The van der Waals surface area contributed by atoms with Crippen molar-refractivity contribution < 1.29 is 14.7 Å². The van der Waals surface area contributed by atoms with Gasteiger partial charge in [0.2, 0.25) is 5.91 Å². The van der Waals surface area contributed by atoms with Crippen LogP contribution in [0.4, 0.5) is 0 Å². The molecule has 1 aliphatic carbocycles. The molecule has 0 aromatic carbocycles. The Morgan fingerprint density at radius 1 is 0.750 bits per heavy atom. The van der Waals surface area contributed by atoms with Crippen LogP contribution in [0.5, 0.6) is 0 Å². The zero-order valence-corrected chi connectivity index (χ0v) is 18.4. The van der Waals surface area contributed by atoms with Crippen LogP contribution >= 0.6 is 0 Å². The summed E-state index contributed by atoms with van der Waals surface area (Å²) in [7, 11) is 0. The first kappa shape index (κ1) is 25.0. The number of hydrogen-bond donors (Lipinski definition) is 2. The number of rotatable bonds is 17. The van der Waals surface area contributed by atoms with Gasteiger partial charge in [-0.1, -0.05) is 84.0 Å². The van der Waals surface area contributed by atoms with E-state index in [1.54, 1.807) is 0 Å². The van der Waals surface area contributed by atoms with Crippen molar-refractivity contribution in [3.63, 3.8) is 0 Å². The Hall–Kier alpha value is -1.06. The molecule has 1 aliphatic rings. The molecule has 164 valence electrons. The van der Waals surface area contributed by atoms with Crippen molar-refractivity contribution in [2.75, 3.05) is 6.54 Å². The highest BCUT2D eigenvalue weighted by molar-refractivity contribution is 5.75. The van der Waals surface area contributed by atoms with Gasteiger partial charge >= 0.3 is 5.97 Å². The zero-order valence-electron chi connectivity index (χ0n) is 18.4. The summed E-state index contributed by atoms with van der Waals surface area (Å²) in [5.74, 6) is -0.197. The van der Waals surface area contributed by atoms with Crippen molar-refractivity contribution in [3.8, 4) is 0 Å². The summed E-state index contributed by atoms with van der Waals surface area (Å²) in [6.45, 7) is 2.99. The number of amides is 1. The molecule has 4 heteroatoms. The maximum atomic E-state index is 12.0. The van der Waals surface area contributed by atoms with Gasteiger partial charge in [0.05, 0.1) is 5.92 Å². The van der Waals surface area contributed by atoms with E-state index >= 15 is 0 Å². The van der Waals surface area contributed by atoms with Gasteiger partial charge in [-0.05, 0) is 38.0 Å². The van der Waals surface area contributed by atoms with Crippen molar-refractivity contribution in [1.29, 1.82) is 0 Å². The van der Waals surface area contributed by atoms with E-state index in [-0.39, 0.29) is 11.8 Å². The SMILES string of the molecule is CCCCCCCCCCCCCCCC(=O)NC[C@H]1CC[C@H](C(=O)O)CC1. The Morgan fingerprint density at radius 3 is 1.68 bits per heavy atom. The normalized spacial score (nSPS) is 19.5. The molecule has 0 unspecified atom stereocenters. The summed E-state index contributed by atoms with van der Waals surface area (Å²) in [5.41, 5.74) is 0. The Morgan fingerprint density at radius 2 is 1.21 bits per heavy atom. The number of carbonyl (C=O) groups excluding carboxylic acids is 1. The van der Waals surface area contributed by atoms with E-state index in [1.165, 1.54) is 70.6 Å². The van der Waals surface area contributed by atoms with Crippen LogP contribution in [-0.4, -0.2) is 23.5 Å². The Balaban J connectivity index is 1.83. The van der Waals surface area contributed by atoms with Gasteiger partial charge in [-0.25, -0.2) is 0 Å². The van der Waals surface area contributed by atoms with Crippen LogP contribution in [0, 0.1) is 11.8 Å². The molecule has 0 spiro atoms. The van der Waals surface area contributed by atoms with E-state index in [2.05, 4.69) is 12.2 Å². The lowest BCUT2D eigenvalue weighted by Crippen LogP contribution is -2.32. The molecule has 1 rings (SSSR count). The molecule has 0 atom stereocenters. The molecule has 0 bridgehead atoms. The summed E-state index contributed by atoms with van der Waals surface area (Å²) < 4.78 is 0. The van der Waals surface area contributed by atoms with E-state index < -0.39 is 5.97 Å². The third kappa shape index (κ3) is 13.2. The van der Waals surface area contributed by atoms with Crippen LogP contribution in [0.25, 0.3) is 0 Å². The fraction of sp³-hybridized carbons (Fsp3) is 0.917. The van der Waals surface area contributed by atoms with Gasteiger partial charge in [-0.15, -0.1) is 0 Å². The van der Waals surface area contributed by atoms with Gasteiger partial charge in [0.1, 0.15) is 0 Å². The van der Waals surface area contributed by atoms with Crippen molar-refractivity contribution in [2.24, 2.45) is 11.8 Å². The third-order valence-corrected chi connectivity index (χ3v) is 6.29. The van der Waals surface area contributed by atoms with E-state index in [0.717, 1.165) is 45.1 Å². The Bertz CT molecular complexity index is 403. The molecular weight excluding hydrogens is 350 g/mol. The van der Waals surface area contributed by atoms with Gasteiger partial charge in [0.15, 0.2) is 0 Å². The van der Waals surface area contributed by atoms with Gasteiger partial charge in [-0.3, -0.25) is 9.59 Å². The van der Waals surface area contributed by atoms with Crippen molar-refractivity contribution in [2.45, 2.75) is 122 Å². The van der Waals surface area contributed by atoms with Gasteiger partial charge in [0.25, 0.3) is 0 Å². The summed E-state index contributed by atoms with van der Waals surface area (Å²) in [5, 5.41) is 12.1. The van der Waals surface area contributed by atoms with Crippen LogP contribution in [-0.2, 0) is 9.59 Å². The smallest absolute Gasteiger partial charge is 0.306 e. The molecule has 1 fully saturated rings. The molecule has 0 saturated heterocycles. The minimum Gasteiger partial charge on any atom is -0.481 e. The lowest BCUT2D eigenvalue weighted by atomic mass is 9.82. The molecule has 4 nitrogen and oxygen atoms in total. The average molecular weight is 396 g/mol. The number of hydrogen-bond acceptors (Lipinski definition) is 2. The molecule has 0 radical (unpaired) electrons.